The summed E-state index contributed by atoms with van der Waals surface area (Å²) < 4.78 is 50.7. The first-order valence-electron chi connectivity index (χ1n) is 12.1. The summed E-state index contributed by atoms with van der Waals surface area (Å²) >= 11 is 0. The Labute approximate surface area is 212 Å². The number of para-hydroxylation sites is 1. The standard InChI is InChI=1S/C26H34N2O7S/c1-32-22-8-9-23(33-2)24(18-22)36(30,31)28-12-10-26(11-13-28,20-35-21-6-4-3-5-7-21)19-25(29)27-14-16-34-17-15-27/h3-9,18H,10-17,19-20H2,1-2H3. The Balaban J connectivity index is 1.52. The van der Waals surface area contributed by atoms with Crippen LogP contribution in [0.4, 0.5) is 0 Å². The second-order valence-corrected chi connectivity index (χ2v) is 11.1. The fourth-order valence-electron chi connectivity index (χ4n) is 4.70. The molecule has 2 aromatic rings. The van der Waals surface area contributed by atoms with Gasteiger partial charge in [0, 0.05) is 44.1 Å². The number of amides is 1. The van der Waals surface area contributed by atoms with Gasteiger partial charge in [0.15, 0.2) is 0 Å². The van der Waals surface area contributed by atoms with Crippen molar-refractivity contribution in [3.63, 3.8) is 0 Å². The molecular weight excluding hydrogens is 484 g/mol. The summed E-state index contributed by atoms with van der Waals surface area (Å²) in [6, 6.07) is 14.2. The Bertz CT molecular complexity index is 1130. The monoisotopic (exact) mass is 518 g/mol. The van der Waals surface area contributed by atoms with Gasteiger partial charge in [-0.3, -0.25) is 4.79 Å². The topological polar surface area (TPSA) is 94.6 Å². The lowest BCUT2D eigenvalue weighted by atomic mass is 9.76. The molecule has 36 heavy (non-hydrogen) atoms. The molecule has 1 amide bonds. The minimum absolute atomic E-state index is 0.0562. The SMILES string of the molecule is COc1ccc(OC)c(S(=O)(=O)N2CCC(COc3ccccc3)(CC(=O)N3CCOCC3)CC2)c1. The van der Waals surface area contributed by atoms with Crippen LogP contribution in [0.1, 0.15) is 19.3 Å². The minimum Gasteiger partial charge on any atom is -0.497 e. The number of rotatable bonds is 9. The van der Waals surface area contributed by atoms with Gasteiger partial charge in [0.1, 0.15) is 22.1 Å². The third kappa shape index (κ3) is 5.93. The van der Waals surface area contributed by atoms with Crippen LogP contribution in [0.3, 0.4) is 0 Å². The number of hydrogen-bond donors (Lipinski definition) is 0. The predicted octanol–water partition coefficient (Wildman–Crippen LogP) is 2.80. The summed E-state index contributed by atoms with van der Waals surface area (Å²) in [5.74, 6) is 1.49. The summed E-state index contributed by atoms with van der Waals surface area (Å²) in [6.45, 7) is 3.11. The molecule has 2 aromatic carbocycles. The zero-order chi connectivity index (χ0) is 25.6. The van der Waals surface area contributed by atoms with Crippen LogP contribution in [-0.4, -0.2) is 83.7 Å². The summed E-state index contributed by atoms with van der Waals surface area (Å²) in [7, 11) is -0.892. The minimum atomic E-state index is -3.83. The van der Waals surface area contributed by atoms with Gasteiger partial charge in [-0.05, 0) is 37.1 Å². The van der Waals surface area contributed by atoms with Gasteiger partial charge < -0.3 is 23.8 Å². The summed E-state index contributed by atoms with van der Waals surface area (Å²) in [5, 5.41) is 0. The van der Waals surface area contributed by atoms with Crippen LogP contribution in [-0.2, 0) is 19.6 Å². The first-order valence-corrected chi connectivity index (χ1v) is 13.6. The quantitative estimate of drug-likeness (QED) is 0.504. The summed E-state index contributed by atoms with van der Waals surface area (Å²) in [4.78, 5) is 15.1. The third-order valence-corrected chi connectivity index (χ3v) is 8.87. The number of methoxy groups -OCH3 is 2. The average Bonchev–Trinajstić information content (AvgIpc) is 2.93. The smallest absolute Gasteiger partial charge is 0.246 e. The molecule has 2 fully saturated rings. The third-order valence-electron chi connectivity index (χ3n) is 6.95. The van der Waals surface area contributed by atoms with Crippen LogP contribution in [0, 0.1) is 5.41 Å². The van der Waals surface area contributed by atoms with Crippen LogP contribution in [0.2, 0.25) is 0 Å². The van der Waals surface area contributed by atoms with E-state index < -0.39 is 15.4 Å². The molecule has 2 aliphatic rings. The summed E-state index contributed by atoms with van der Waals surface area (Å²) in [6.07, 6.45) is 1.30. The Morgan fingerprint density at radius 1 is 0.944 bits per heavy atom. The highest BCUT2D eigenvalue weighted by atomic mass is 32.2. The Morgan fingerprint density at radius 3 is 2.28 bits per heavy atom. The highest BCUT2D eigenvalue weighted by Gasteiger charge is 2.42. The molecule has 0 atom stereocenters. The van der Waals surface area contributed by atoms with E-state index in [-0.39, 0.29) is 29.6 Å². The van der Waals surface area contributed by atoms with Gasteiger partial charge in [-0.1, -0.05) is 18.2 Å². The molecule has 0 spiro atoms. The van der Waals surface area contributed by atoms with Crippen molar-refractivity contribution in [1.82, 2.24) is 9.21 Å². The van der Waals surface area contributed by atoms with Crippen molar-refractivity contribution in [3.8, 4) is 17.2 Å². The maximum absolute atomic E-state index is 13.6. The molecule has 0 saturated carbocycles. The van der Waals surface area contributed by atoms with Crippen LogP contribution in [0.5, 0.6) is 17.2 Å². The molecule has 10 heteroatoms. The molecule has 0 radical (unpaired) electrons. The van der Waals surface area contributed by atoms with Gasteiger partial charge in [0.05, 0.1) is 34.0 Å². The largest absolute Gasteiger partial charge is 0.497 e. The van der Waals surface area contributed by atoms with E-state index in [0.29, 0.717) is 57.9 Å². The van der Waals surface area contributed by atoms with Crippen molar-refractivity contribution in [2.24, 2.45) is 5.41 Å². The first-order chi connectivity index (χ1) is 17.4. The second-order valence-electron chi connectivity index (χ2n) is 9.19. The van der Waals surface area contributed by atoms with Crippen LogP contribution < -0.4 is 14.2 Å². The zero-order valence-corrected chi connectivity index (χ0v) is 21.7. The maximum atomic E-state index is 13.6. The predicted molar refractivity (Wildman–Crippen MR) is 134 cm³/mol. The second kappa shape index (κ2) is 11.5. The molecule has 196 valence electrons. The first kappa shape index (κ1) is 26.2. The highest BCUT2D eigenvalue weighted by molar-refractivity contribution is 7.89. The number of carbonyl (C=O) groups is 1. The van der Waals surface area contributed by atoms with Crippen molar-refractivity contribution < 1.29 is 32.2 Å². The molecule has 4 rings (SSSR count). The molecule has 0 aromatic heterocycles. The van der Waals surface area contributed by atoms with Crippen LogP contribution >= 0.6 is 0 Å². The molecule has 0 unspecified atom stereocenters. The van der Waals surface area contributed by atoms with Gasteiger partial charge >= 0.3 is 0 Å². The Hall–Kier alpha value is -2.82. The van der Waals surface area contributed by atoms with Crippen molar-refractivity contribution in [3.05, 3.63) is 48.5 Å². The number of hydrogen-bond acceptors (Lipinski definition) is 7. The molecule has 2 heterocycles. The van der Waals surface area contributed by atoms with Crippen LogP contribution in [0.15, 0.2) is 53.4 Å². The molecule has 2 saturated heterocycles. The molecular formula is C26H34N2O7S. The van der Waals surface area contributed by atoms with Crippen molar-refractivity contribution in [2.75, 3.05) is 60.2 Å². The van der Waals surface area contributed by atoms with E-state index in [1.54, 1.807) is 12.1 Å². The van der Waals surface area contributed by atoms with E-state index in [1.165, 1.54) is 24.6 Å². The maximum Gasteiger partial charge on any atom is 0.246 e. The number of sulfonamides is 1. The van der Waals surface area contributed by atoms with E-state index in [0.717, 1.165) is 5.75 Å². The zero-order valence-electron chi connectivity index (χ0n) is 20.9. The average molecular weight is 519 g/mol. The lowest BCUT2D eigenvalue weighted by Crippen LogP contribution is -2.49. The van der Waals surface area contributed by atoms with Gasteiger partial charge in [-0.25, -0.2) is 8.42 Å². The lowest BCUT2D eigenvalue weighted by molar-refractivity contribution is -0.139. The van der Waals surface area contributed by atoms with E-state index >= 15 is 0 Å². The molecule has 0 aliphatic carbocycles. The molecule has 2 aliphatic heterocycles. The van der Waals surface area contributed by atoms with E-state index in [1.807, 2.05) is 35.2 Å². The lowest BCUT2D eigenvalue weighted by Gasteiger charge is -2.42. The van der Waals surface area contributed by atoms with Crippen LogP contribution in [0.25, 0.3) is 0 Å². The van der Waals surface area contributed by atoms with Crippen molar-refractivity contribution in [1.29, 1.82) is 0 Å². The summed E-state index contributed by atoms with van der Waals surface area (Å²) in [5.41, 5.74) is -0.476. The Kier molecular flexibility index (Phi) is 8.38. The fraction of sp³-hybridized carbons (Fsp3) is 0.500. The van der Waals surface area contributed by atoms with E-state index in [4.69, 9.17) is 18.9 Å². The number of benzene rings is 2. The van der Waals surface area contributed by atoms with Gasteiger partial charge in [-0.2, -0.15) is 4.31 Å². The highest BCUT2D eigenvalue weighted by Crippen LogP contribution is 2.39. The molecule has 0 N–H and O–H groups in total. The van der Waals surface area contributed by atoms with Gasteiger partial charge in [0.25, 0.3) is 0 Å². The Morgan fingerprint density at radius 2 is 1.64 bits per heavy atom. The van der Waals surface area contributed by atoms with Gasteiger partial charge in [-0.15, -0.1) is 0 Å². The molecule has 9 nitrogen and oxygen atoms in total. The van der Waals surface area contributed by atoms with Crippen molar-refractivity contribution in [2.45, 2.75) is 24.2 Å². The fourth-order valence-corrected chi connectivity index (χ4v) is 6.31. The number of carbonyl (C=O) groups excluding carboxylic acids is 1. The number of ether oxygens (including phenoxy) is 4. The van der Waals surface area contributed by atoms with Gasteiger partial charge in [0.2, 0.25) is 15.9 Å². The number of nitrogens with zero attached hydrogens (tertiary/aromatic N) is 2. The van der Waals surface area contributed by atoms with E-state index in [9.17, 15) is 13.2 Å². The van der Waals surface area contributed by atoms with Crippen molar-refractivity contribution >= 4 is 15.9 Å². The number of piperidine rings is 1. The number of morpholine rings is 1. The van der Waals surface area contributed by atoms with E-state index in [2.05, 4.69) is 0 Å². The normalized spacial score (nSPS) is 18.4. The molecule has 0 bridgehead atoms.